The van der Waals surface area contributed by atoms with Crippen molar-refractivity contribution in [2.75, 3.05) is 20.0 Å². The molecule has 1 amide bonds. The Kier molecular flexibility index (Phi) is 13.7. The monoisotopic (exact) mass is 660 g/mol. The predicted molar refractivity (Wildman–Crippen MR) is 192 cm³/mol. The van der Waals surface area contributed by atoms with Gasteiger partial charge in [0, 0.05) is 43.6 Å². The Morgan fingerprint density at radius 1 is 0.980 bits per heavy atom. The van der Waals surface area contributed by atoms with Crippen LogP contribution in [0.5, 0.6) is 0 Å². The first-order valence-corrected chi connectivity index (χ1v) is 15.3. The van der Waals surface area contributed by atoms with Crippen molar-refractivity contribution < 1.29 is 19.4 Å². The van der Waals surface area contributed by atoms with E-state index < -0.39 is 18.1 Å². The molecule has 4 N–H and O–H groups in total. The molecule has 11 heteroatoms. The molecular formula is C38H40N6O5. The van der Waals surface area contributed by atoms with Gasteiger partial charge in [0.15, 0.2) is 11.5 Å². The van der Waals surface area contributed by atoms with Crippen LogP contribution in [0.2, 0.25) is 0 Å². The number of fused-ring (bicyclic) bond motifs is 2. The van der Waals surface area contributed by atoms with Crippen molar-refractivity contribution >= 4 is 28.1 Å². The fourth-order valence-corrected chi connectivity index (χ4v) is 4.42. The second-order valence-electron chi connectivity index (χ2n) is 10.7. The highest BCUT2D eigenvalue weighted by Crippen LogP contribution is 2.24. The summed E-state index contributed by atoms with van der Waals surface area (Å²) in [5.41, 5.74) is 8.21. The topological polar surface area (TPSA) is 146 Å². The van der Waals surface area contributed by atoms with Crippen LogP contribution in [0, 0.1) is 36.5 Å². The van der Waals surface area contributed by atoms with Gasteiger partial charge in [-0.2, -0.15) is 0 Å². The number of para-hydroxylation sites is 1. The number of benzene rings is 2. The number of carbonyl (C=O) groups excluding carboxylic acids is 1. The summed E-state index contributed by atoms with van der Waals surface area (Å²) in [5, 5.41) is 16.5. The van der Waals surface area contributed by atoms with E-state index >= 15 is 0 Å². The predicted octanol–water partition coefficient (Wildman–Crippen LogP) is 4.15. The van der Waals surface area contributed by atoms with Crippen LogP contribution in [-0.4, -0.2) is 62.7 Å². The molecule has 0 aliphatic rings. The quantitative estimate of drug-likeness (QED) is 0.231. The number of amides is 1. The highest BCUT2D eigenvalue weighted by atomic mass is 16.5. The average molecular weight is 661 g/mol. The van der Waals surface area contributed by atoms with E-state index in [-0.39, 0.29) is 29.1 Å². The smallest absolute Gasteiger partial charge is 0.264 e. The highest BCUT2D eigenvalue weighted by molar-refractivity contribution is 6.04. The van der Waals surface area contributed by atoms with Crippen molar-refractivity contribution in [1.29, 1.82) is 0 Å². The number of hydrogen-bond donors (Lipinski definition) is 3. The van der Waals surface area contributed by atoms with Crippen LogP contribution in [-0.2, 0) is 9.47 Å². The maximum absolute atomic E-state index is 14.0. The van der Waals surface area contributed by atoms with E-state index in [0.717, 1.165) is 0 Å². The normalized spacial score (nSPS) is 12.7. The van der Waals surface area contributed by atoms with Gasteiger partial charge in [-0.25, -0.2) is 9.50 Å². The number of aromatic nitrogens is 4. The van der Waals surface area contributed by atoms with Crippen LogP contribution in [0.4, 0.5) is 5.82 Å². The van der Waals surface area contributed by atoms with Crippen molar-refractivity contribution in [2.24, 2.45) is 0 Å². The molecule has 0 spiro atoms. The zero-order valence-corrected chi connectivity index (χ0v) is 28.3. The zero-order chi connectivity index (χ0) is 36.1. The highest BCUT2D eigenvalue weighted by Gasteiger charge is 2.24. The van der Waals surface area contributed by atoms with Gasteiger partial charge in [0.2, 0.25) is 0 Å². The van der Waals surface area contributed by atoms with Gasteiger partial charge in [0.25, 0.3) is 11.5 Å². The number of nitrogen functional groups attached to an aromatic ring is 1. The van der Waals surface area contributed by atoms with Crippen molar-refractivity contribution in [3.05, 3.63) is 100 Å². The second-order valence-corrected chi connectivity index (χ2v) is 10.7. The minimum atomic E-state index is -0.588. The summed E-state index contributed by atoms with van der Waals surface area (Å²) in [6.45, 7) is 7.02. The number of aliphatic hydroxyl groups is 1. The zero-order valence-electron chi connectivity index (χ0n) is 28.3. The van der Waals surface area contributed by atoms with Crippen molar-refractivity contribution in [3.8, 4) is 42.2 Å². The third-order valence-electron chi connectivity index (χ3n) is 7.12. The number of hydrogen-bond acceptors (Lipinski definition) is 8. The Bertz CT molecular complexity index is 2090. The SMILES string of the molecule is C#CC(C)O.C#CC(C)OC.COC(C)C#Cc1cccc2cc([C@H](C)NC(=O)c3c(N)nn4cccnc34)n(-c3ccccc3)c(=O)c12. The standard InChI is InChI=1S/C29H26N6O3.C5H8O.C4H6O/c1-18(38-3)13-14-20-9-7-10-21-17-23(35(29(37)24(20)21)22-11-5-4-6-12-22)19(2)32-28(36)25-26(30)33-34-16-8-15-31-27(25)34;1-4-5(2)6-3;1-3-4(2)5/h4-12,15-19H,1-3H3,(H2,30,33)(H,32,36);1,5H,2-3H3;1,4-5H,2H3/t18?,19-;;/m0../s1. The molecule has 0 saturated heterocycles. The van der Waals surface area contributed by atoms with Crippen LogP contribution >= 0.6 is 0 Å². The lowest BCUT2D eigenvalue weighted by Gasteiger charge is -2.21. The molecule has 252 valence electrons. The molecule has 11 nitrogen and oxygen atoms in total. The molecule has 2 aromatic carbocycles. The summed E-state index contributed by atoms with van der Waals surface area (Å²) >= 11 is 0. The van der Waals surface area contributed by atoms with Gasteiger partial charge in [0.1, 0.15) is 23.9 Å². The van der Waals surface area contributed by atoms with Gasteiger partial charge in [-0.3, -0.25) is 14.2 Å². The number of methoxy groups -OCH3 is 2. The van der Waals surface area contributed by atoms with E-state index in [1.54, 1.807) is 44.2 Å². The van der Waals surface area contributed by atoms with Crippen LogP contribution in [0.25, 0.3) is 22.1 Å². The lowest BCUT2D eigenvalue weighted by Crippen LogP contribution is -2.32. The number of terminal acetylenes is 2. The molecular weight excluding hydrogens is 620 g/mol. The number of anilines is 1. The van der Waals surface area contributed by atoms with Crippen LogP contribution in [0.15, 0.2) is 77.9 Å². The van der Waals surface area contributed by atoms with Crippen LogP contribution in [0.3, 0.4) is 0 Å². The summed E-state index contributed by atoms with van der Waals surface area (Å²) in [6, 6.07) is 17.9. The number of rotatable bonds is 6. The largest absolute Gasteiger partial charge is 0.381 e. The third kappa shape index (κ3) is 9.57. The number of pyridine rings is 1. The molecule has 49 heavy (non-hydrogen) atoms. The third-order valence-corrected chi connectivity index (χ3v) is 7.12. The van der Waals surface area contributed by atoms with E-state index in [1.165, 1.54) is 4.52 Å². The van der Waals surface area contributed by atoms with Crippen molar-refractivity contribution in [3.63, 3.8) is 0 Å². The lowest BCUT2D eigenvalue weighted by molar-refractivity contribution is 0.0941. The second kappa shape index (κ2) is 17.9. The molecule has 0 aliphatic carbocycles. The Morgan fingerprint density at radius 3 is 2.24 bits per heavy atom. The minimum Gasteiger partial charge on any atom is -0.381 e. The molecule has 5 aromatic rings. The molecule has 3 unspecified atom stereocenters. The average Bonchev–Trinajstić information content (AvgIpc) is 3.46. The molecule has 0 saturated carbocycles. The Labute approximate surface area is 286 Å². The number of nitrogens with zero attached hydrogens (tertiary/aromatic N) is 4. The van der Waals surface area contributed by atoms with E-state index in [1.807, 2.05) is 75.4 Å². The van der Waals surface area contributed by atoms with Gasteiger partial charge in [-0.15, -0.1) is 17.9 Å². The Hall–Kier alpha value is -5.90. The molecule has 0 bridgehead atoms. The Morgan fingerprint density at radius 2 is 1.65 bits per heavy atom. The maximum Gasteiger partial charge on any atom is 0.264 e. The molecule has 4 atom stereocenters. The first-order chi connectivity index (χ1) is 23.5. The maximum atomic E-state index is 14.0. The van der Waals surface area contributed by atoms with Gasteiger partial charge in [-0.05, 0) is 63.4 Å². The Balaban J connectivity index is 0.000000513. The van der Waals surface area contributed by atoms with Crippen LogP contribution < -0.4 is 16.6 Å². The number of aliphatic hydroxyl groups excluding tert-OH is 1. The summed E-state index contributed by atoms with van der Waals surface area (Å²) < 4.78 is 13.0. The molecule has 3 heterocycles. The lowest BCUT2D eigenvalue weighted by atomic mass is 10.0. The molecule has 3 aromatic heterocycles. The van der Waals surface area contributed by atoms with Gasteiger partial charge >= 0.3 is 0 Å². The summed E-state index contributed by atoms with van der Waals surface area (Å²) in [7, 11) is 3.17. The number of nitrogens with two attached hydrogens (primary N) is 1. The van der Waals surface area contributed by atoms with Gasteiger partial charge < -0.3 is 25.6 Å². The number of ether oxygens (including phenoxy) is 2. The molecule has 0 fully saturated rings. The molecule has 0 radical (unpaired) electrons. The van der Waals surface area contributed by atoms with E-state index in [2.05, 4.69) is 50.2 Å². The minimum absolute atomic E-state index is 0.0370. The molecule has 5 rings (SSSR count). The van der Waals surface area contributed by atoms with E-state index in [4.69, 9.17) is 22.0 Å². The first kappa shape index (κ1) is 37.6. The first-order valence-electron chi connectivity index (χ1n) is 15.3. The fourth-order valence-electron chi connectivity index (χ4n) is 4.42. The van der Waals surface area contributed by atoms with Crippen molar-refractivity contribution in [1.82, 2.24) is 24.5 Å². The van der Waals surface area contributed by atoms with Crippen LogP contribution in [0.1, 0.15) is 55.4 Å². The van der Waals surface area contributed by atoms with E-state index in [0.29, 0.717) is 33.4 Å². The van der Waals surface area contributed by atoms with Gasteiger partial charge in [0.05, 0.1) is 11.4 Å². The van der Waals surface area contributed by atoms with Crippen molar-refractivity contribution in [2.45, 2.75) is 52.0 Å². The fraction of sp³-hybridized carbons (Fsp3) is 0.263. The molecule has 0 aliphatic heterocycles. The number of carbonyl (C=O) groups is 1. The summed E-state index contributed by atoms with van der Waals surface area (Å²) in [4.78, 5) is 31.6. The van der Waals surface area contributed by atoms with E-state index in [9.17, 15) is 9.59 Å². The number of nitrogens with one attached hydrogen (secondary N) is 1. The summed E-state index contributed by atoms with van der Waals surface area (Å²) in [6.07, 6.45) is 11.9. The summed E-state index contributed by atoms with van der Waals surface area (Å²) in [5.74, 6) is 10.2. The van der Waals surface area contributed by atoms with Gasteiger partial charge in [-0.1, -0.05) is 54.0 Å².